The Morgan fingerprint density at radius 2 is 2.23 bits per heavy atom. The van der Waals surface area contributed by atoms with Crippen molar-refractivity contribution in [3.8, 4) is 0 Å². The van der Waals surface area contributed by atoms with Gasteiger partial charge in [0, 0.05) is 18.8 Å². The van der Waals surface area contributed by atoms with E-state index in [2.05, 4.69) is 23.2 Å². The van der Waals surface area contributed by atoms with E-state index in [0.29, 0.717) is 5.76 Å². The van der Waals surface area contributed by atoms with Gasteiger partial charge < -0.3 is 13.9 Å². The third-order valence-corrected chi connectivity index (χ3v) is 3.73. The fourth-order valence-electron chi connectivity index (χ4n) is 2.63. The molecular weight excluding hydrogens is 276 g/mol. The topological polar surface area (TPSA) is 35.8 Å². The first-order valence-electron chi connectivity index (χ1n) is 7.40. The molecule has 0 unspecified atom stereocenters. The maximum absolute atomic E-state index is 5.96. The third-order valence-electron chi connectivity index (χ3n) is 3.73. The summed E-state index contributed by atoms with van der Waals surface area (Å²) < 4.78 is 13.4. The summed E-state index contributed by atoms with van der Waals surface area (Å²) in [6.45, 7) is 0. The zero-order valence-corrected chi connectivity index (χ0v) is 12.1. The minimum atomic E-state index is 0.646. The van der Waals surface area contributed by atoms with Gasteiger partial charge in [-0.25, -0.2) is 4.98 Å². The minimum absolute atomic E-state index is 0.646. The van der Waals surface area contributed by atoms with Gasteiger partial charge in [0.05, 0.1) is 0 Å². The first-order chi connectivity index (χ1) is 10.9. The molecule has 0 saturated heterocycles. The van der Waals surface area contributed by atoms with Crippen LogP contribution >= 0.6 is 0 Å². The summed E-state index contributed by atoms with van der Waals surface area (Å²) in [7, 11) is 0. The lowest BCUT2D eigenvalue weighted by molar-refractivity contribution is 0.272. The van der Waals surface area contributed by atoms with E-state index < -0.39 is 0 Å². The molecule has 22 heavy (non-hydrogen) atoms. The summed E-state index contributed by atoms with van der Waals surface area (Å²) in [6.07, 6.45) is 16.5. The molecule has 0 spiro atoms. The van der Waals surface area contributed by atoms with Crippen LogP contribution in [0.4, 0.5) is 0 Å². The first kappa shape index (κ1) is 13.0. The second-order valence-electron chi connectivity index (χ2n) is 5.37. The molecule has 0 aromatic carbocycles. The second-order valence-corrected chi connectivity index (χ2v) is 5.37. The normalized spacial score (nSPS) is 17.4. The van der Waals surface area contributed by atoms with Crippen LogP contribution in [0.15, 0.2) is 72.7 Å². The molecule has 2 aromatic rings. The second kappa shape index (κ2) is 5.56. The fraction of sp³-hybridized carbons (Fsp3) is 0.167. The molecule has 0 radical (unpaired) electrons. The van der Waals surface area contributed by atoms with E-state index in [9.17, 15) is 0 Å². The number of hydrogen-bond donors (Lipinski definition) is 0. The summed E-state index contributed by atoms with van der Waals surface area (Å²) in [5, 5.41) is 0. The quantitative estimate of drug-likeness (QED) is 0.851. The zero-order chi connectivity index (χ0) is 14.8. The number of rotatable bonds is 3. The number of aromatic nitrogens is 2. The molecule has 0 amide bonds. The average Bonchev–Trinajstić information content (AvgIpc) is 3.00. The van der Waals surface area contributed by atoms with Gasteiger partial charge in [-0.2, -0.15) is 0 Å². The molecule has 2 aliphatic rings. The average molecular weight is 292 g/mol. The molecule has 1 aliphatic carbocycles. The lowest BCUT2D eigenvalue weighted by atomic mass is 10.0. The maximum atomic E-state index is 5.96. The lowest BCUT2D eigenvalue weighted by Gasteiger charge is -2.17. The van der Waals surface area contributed by atoms with Gasteiger partial charge in [0.15, 0.2) is 5.76 Å². The smallest absolute Gasteiger partial charge is 0.189 e. The summed E-state index contributed by atoms with van der Waals surface area (Å²) in [5.74, 6) is 1.46. The highest BCUT2D eigenvalue weighted by atomic mass is 16.5. The summed E-state index contributed by atoms with van der Waals surface area (Å²) in [5.41, 5.74) is 3.01. The van der Waals surface area contributed by atoms with Crippen molar-refractivity contribution in [2.45, 2.75) is 19.3 Å². The SMILES string of the molecule is C1=CCCC(CC2=COC=C(c3cn4ccccc4n3)O2)=C1. The molecule has 4 rings (SSSR count). The van der Waals surface area contributed by atoms with Crippen molar-refractivity contribution in [2.24, 2.45) is 0 Å². The number of pyridine rings is 1. The molecule has 0 saturated carbocycles. The van der Waals surface area contributed by atoms with Gasteiger partial charge in [-0.1, -0.05) is 29.9 Å². The summed E-state index contributed by atoms with van der Waals surface area (Å²) in [6, 6.07) is 5.90. The molecule has 0 bridgehead atoms. The number of imidazole rings is 1. The predicted octanol–water partition coefficient (Wildman–Crippen LogP) is 4.19. The van der Waals surface area contributed by atoms with Crippen LogP contribution in [-0.2, 0) is 9.47 Å². The van der Waals surface area contributed by atoms with Crippen molar-refractivity contribution in [2.75, 3.05) is 0 Å². The number of nitrogens with zero attached hydrogens (tertiary/aromatic N) is 2. The van der Waals surface area contributed by atoms with Gasteiger partial charge in [0.25, 0.3) is 0 Å². The Morgan fingerprint density at radius 1 is 1.23 bits per heavy atom. The van der Waals surface area contributed by atoms with Gasteiger partial charge in [0.1, 0.15) is 29.6 Å². The van der Waals surface area contributed by atoms with Crippen molar-refractivity contribution >= 4 is 11.4 Å². The molecule has 0 atom stereocenters. The Bertz CT molecular complexity index is 791. The standard InChI is InChI=1S/C18H16N2O2/c1-2-6-14(7-3-1)10-15-12-21-13-17(22-15)16-11-20-9-5-4-8-18(20)19-16/h1-2,4-6,8-9,11-13H,3,7,10H2. The van der Waals surface area contributed by atoms with E-state index >= 15 is 0 Å². The van der Waals surface area contributed by atoms with Crippen LogP contribution in [0, 0.1) is 0 Å². The van der Waals surface area contributed by atoms with E-state index in [1.54, 1.807) is 12.5 Å². The van der Waals surface area contributed by atoms with Crippen LogP contribution in [0.5, 0.6) is 0 Å². The molecule has 1 aliphatic heterocycles. The van der Waals surface area contributed by atoms with Crippen LogP contribution in [0.3, 0.4) is 0 Å². The number of fused-ring (bicyclic) bond motifs is 1. The van der Waals surface area contributed by atoms with Crippen LogP contribution < -0.4 is 0 Å². The summed E-state index contributed by atoms with van der Waals surface area (Å²) >= 11 is 0. The fourth-order valence-corrected chi connectivity index (χ4v) is 2.63. The van der Waals surface area contributed by atoms with Gasteiger partial charge in [-0.05, 0) is 25.0 Å². The highest BCUT2D eigenvalue weighted by molar-refractivity contribution is 5.60. The van der Waals surface area contributed by atoms with E-state index in [-0.39, 0.29) is 0 Å². The Kier molecular flexibility index (Phi) is 3.27. The minimum Gasteiger partial charge on any atom is -0.465 e. The largest absolute Gasteiger partial charge is 0.465 e. The lowest BCUT2D eigenvalue weighted by Crippen LogP contribution is -2.02. The van der Waals surface area contributed by atoms with Crippen LogP contribution in [0.1, 0.15) is 25.0 Å². The Morgan fingerprint density at radius 3 is 3.09 bits per heavy atom. The van der Waals surface area contributed by atoms with Crippen molar-refractivity contribution in [3.63, 3.8) is 0 Å². The number of hydrogen-bond acceptors (Lipinski definition) is 3. The first-order valence-corrected chi connectivity index (χ1v) is 7.40. The van der Waals surface area contributed by atoms with Crippen molar-refractivity contribution in [3.05, 3.63) is 78.4 Å². The van der Waals surface area contributed by atoms with Gasteiger partial charge in [0.2, 0.25) is 0 Å². The van der Waals surface area contributed by atoms with Gasteiger partial charge in [-0.3, -0.25) is 0 Å². The highest BCUT2D eigenvalue weighted by Crippen LogP contribution is 2.28. The highest BCUT2D eigenvalue weighted by Gasteiger charge is 2.16. The Labute approximate surface area is 128 Å². The van der Waals surface area contributed by atoms with E-state index in [0.717, 1.165) is 36.4 Å². The third kappa shape index (κ3) is 2.55. The number of allylic oxidation sites excluding steroid dienone is 4. The van der Waals surface area contributed by atoms with Gasteiger partial charge in [-0.15, -0.1) is 0 Å². The Hall–Kier alpha value is -2.75. The molecule has 0 N–H and O–H groups in total. The monoisotopic (exact) mass is 292 g/mol. The van der Waals surface area contributed by atoms with Crippen molar-refractivity contribution in [1.29, 1.82) is 0 Å². The van der Waals surface area contributed by atoms with E-state index in [1.807, 2.05) is 35.0 Å². The molecule has 4 nitrogen and oxygen atoms in total. The molecule has 2 aromatic heterocycles. The maximum Gasteiger partial charge on any atom is 0.189 e. The number of ether oxygens (including phenoxy) is 2. The van der Waals surface area contributed by atoms with Crippen molar-refractivity contribution < 1.29 is 9.47 Å². The van der Waals surface area contributed by atoms with Crippen LogP contribution in [0.25, 0.3) is 11.4 Å². The van der Waals surface area contributed by atoms with Crippen LogP contribution in [-0.4, -0.2) is 9.38 Å². The van der Waals surface area contributed by atoms with Crippen LogP contribution in [0.2, 0.25) is 0 Å². The van der Waals surface area contributed by atoms with Gasteiger partial charge >= 0.3 is 0 Å². The van der Waals surface area contributed by atoms with Crippen molar-refractivity contribution in [1.82, 2.24) is 9.38 Å². The van der Waals surface area contributed by atoms with E-state index in [4.69, 9.17) is 9.47 Å². The molecule has 110 valence electrons. The van der Waals surface area contributed by atoms with E-state index in [1.165, 1.54) is 5.57 Å². The predicted molar refractivity (Wildman–Crippen MR) is 84.5 cm³/mol. The zero-order valence-electron chi connectivity index (χ0n) is 12.1. The molecule has 3 heterocycles. The molecule has 0 fully saturated rings. The molecule has 4 heteroatoms. The molecular formula is C18H16N2O2. The Balaban J connectivity index is 1.53. The summed E-state index contributed by atoms with van der Waals surface area (Å²) in [4.78, 5) is 4.55.